The van der Waals surface area contributed by atoms with Gasteiger partial charge < -0.3 is 19.8 Å². The lowest BCUT2D eigenvalue weighted by Crippen LogP contribution is -2.46. The minimum absolute atomic E-state index is 0.0745. The number of phosphoric ester groups is 1. The maximum Gasteiger partial charge on any atom is 0.472 e. The number of nitrogens with one attached hydrogen (secondary N) is 1. The van der Waals surface area contributed by atoms with Crippen LogP contribution in [-0.4, -0.2) is 73.4 Å². The molecule has 3 atom stereocenters. The van der Waals surface area contributed by atoms with E-state index in [0.29, 0.717) is 23.9 Å². The van der Waals surface area contributed by atoms with Crippen LogP contribution in [0.5, 0.6) is 0 Å². The summed E-state index contributed by atoms with van der Waals surface area (Å²) >= 11 is 0. The largest absolute Gasteiger partial charge is 0.472 e. The molecule has 3 N–H and O–H groups in total. The highest BCUT2D eigenvalue weighted by molar-refractivity contribution is 7.47. The number of carbonyl (C=O) groups excluding carboxylic acids is 1. The molecule has 0 fully saturated rings. The summed E-state index contributed by atoms with van der Waals surface area (Å²) in [6.45, 7) is 4.79. The number of aliphatic hydroxyl groups is 1. The summed E-state index contributed by atoms with van der Waals surface area (Å²) < 4.78 is 23.5. The summed E-state index contributed by atoms with van der Waals surface area (Å²) in [5, 5.41) is 13.8. The number of nitrogens with zero attached hydrogens (tertiary/aromatic N) is 1. The molecule has 0 spiro atoms. The molecule has 0 radical (unpaired) electrons. The summed E-state index contributed by atoms with van der Waals surface area (Å²) in [4.78, 5) is 23.0. The minimum Gasteiger partial charge on any atom is -0.391 e. The molecule has 0 saturated heterocycles. The molecule has 0 aromatic heterocycles. The number of phosphoric acid groups is 1. The summed E-state index contributed by atoms with van der Waals surface area (Å²) in [5.74, 6) is -0.150. The molecule has 0 aliphatic rings. The van der Waals surface area contributed by atoms with Crippen molar-refractivity contribution < 1.29 is 32.9 Å². The zero-order valence-corrected chi connectivity index (χ0v) is 41.1. The van der Waals surface area contributed by atoms with E-state index in [4.69, 9.17) is 9.05 Å². The van der Waals surface area contributed by atoms with E-state index < -0.39 is 20.0 Å². The van der Waals surface area contributed by atoms with Crippen LogP contribution < -0.4 is 5.32 Å². The first-order chi connectivity index (χ1) is 29.0. The predicted octanol–water partition coefficient (Wildman–Crippen LogP) is 14.6. The second-order valence-corrected chi connectivity index (χ2v) is 20.0. The van der Waals surface area contributed by atoms with E-state index >= 15 is 0 Å². The summed E-state index contributed by atoms with van der Waals surface area (Å²) in [6.07, 6.45) is 53.9. The molecule has 354 valence electrons. The van der Waals surface area contributed by atoms with Crippen LogP contribution in [0, 0.1) is 0 Å². The van der Waals surface area contributed by atoms with Gasteiger partial charge in [0.15, 0.2) is 0 Å². The number of hydrogen-bond donors (Lipinski definition) is 3. The Kier molecular flexibility index (Phi) is 42.1. The molecule has 0 aromatic rings. The fraction of sp³-hybridized carbons (Fsp3) is 0.863. The SMILES string of the molecule is CCCCCCC/C=C\C/C=C\C/C=C\CCCCCCCCCCCCCCCCCCCCC(=O)NC(COP(=O)(O)OCC[N+](C)(C)C)C(O)CCCCCCC. The number of aliphatic hydroxyl groups excluding tert-OH is 1. The molecular weight excluding hydrogens is 768 g/mol. The van der Waals surface area contributed by atoms with E-state index in [2.05, 4.69) is 55.6 Å². The highest BCUT2D eigenvalue weighted by Crippen LogP contribution is 2.43. The number of unbranched alkanes of at least 4 members (excludes halogenated alkanes) is 27. The van der Waals surface area contributed by atoms with E-state index in [1.807, 2.05) is 21.1 Å². The molecule has 3 unspecified atom stereocenters. The van der Waals surface area contributed by atoms with Crippen molar-refractivity contribution in [2.45, 2.75) is 244 Å². The Hall–Kier alpha value is -1.28. The van der Waals surface area contributed by atoms with Crippen molar-refractivity contribution in [1.29, 1.82) is 0 Å². The number of amides is 1. The van der Waals surface area contributed by atoms with Crippen LogP contribution >= 0.6 is 7.82 Å². The highest BCUT2D eigenvalue weighted by atomic mass is 31.2. The normalized spacial score (nSPS) is 14.4. The lowest BCUT2D eigenvalue weighted by atomic mass is 10.0. The van der Waals surface area contributed by atoms with Crippen LogP contribution in [0.2, 0.25) is 0 Å². The number of hydrogen-bond acceptors (Lipinski definition) is 5. The first kappa shape index (κ1) is 58.7. The maximum atomic E-state index is 12.8. The number of quaternary nitrogens is 1. The average Bonchev–Trinajstić information content (AvgIpc) is 3.20. The van der Waals surface area contributed by atoms with Crippen molar-refractivity contribution in [2.75, 3.05) is 40.9 Å². The van der Waals surface area contributed by atoms with Gasteiger partial charge >= 0.3 is 7.82 Å². The van der Waals surface area contributed by atoms with Crippen molar-refractivity contribution in [3.05, 3.63) is 36.5 Å². The standard InChI is InChI=1S/C51H99N2O6P/c1-6-8-10-12-13-14-15-16-17-18-19-20-21-22-23-24-25-26-27-28-29-30-31-32-33-34-35-36-37-38-39-41-43-45-51(55)52-49(50(54)44-42-40-11-9-7-2)48-59-60(56,57)58-47-46-53(3,4)5/h15-16,18-19,21-22,49-50,54H,6-14,17,20,23-48H2,1-5H3,(H-,52,55,56,57)/p+1/b16-15-,19-18-,22-21-. The lowest BCUT2D eigenvalue weighted by Gasteiger charge is -2.26. The van der Waals surface area contributed by atoms with E-state index in [1.54, 1.807) is 0 Å². The molecule has 9 heteroatoms. The van der Waals surface area contributed by atoms with Crippen molar-refractivity contribution >= 4 is 13.7 Å². The van der Waals surface area contributed by atoms with E-state index in [9.17, 15) is 19.4 Å². The Morgan fingerprint density at radius 2 is 0.950 bits per heavy atom. The zero-order valence-electron chi connectivity index (χ0n) is 40.2. The molecule has 8 nitrogen and oxygen atoms in total. The zero-order chi connectivity index (χ0) is 44.3. The van der Waals surface area contributed by atoms with Crippen LogP contribution in [0.3, 0.4) is 0 Å². The molecule has 0 aliphatic heterocycles. The van der Waals surface area contributed by atoms with Gasteiger partial charge in [-0.25, -0.2) is 4.57 Å². The van der Waals surface area contributed by atoms with Crippen molar-refractivity contribution in [2.24, 2.45) is 0 Å². The lowest BCUT2D eigenvalue weighted by molar-refractivity contribution is -0.870. The van der Waals surface area contributed by atoms with Crippen LogP contribution in [-0.2, 0) is 18.4 Å². The van der Waals surface area contributed by atoms with E-state index in [1.165, 1.54) is 141 Å². The molecule has 1 amide bonds. The summed E-state index contributed by atoms with van der Waals surface area (Å²) in [5.41, 5.74) is 0. The molecule has 0 bridgehead atoms. The number of carbonyl (C=O) groups is 1. The van der Waals surface area contributed by atoms with Crippen LogP contribution in [0.1, 0.15) is 232 Å². The van der Waals surface area contributed by atoms with Gasteiger partial charge in [0.1, 0.15) is 13.2 Å². The first-order valence-corrected chi connectivity index (χ1v) is 26.8. The first-order valence-electron chi connectivity index (χ1n) is 25.4. The highest BCUT2D eigenvalue weighted by Gasteiger charge is 2.28. The Balaban J connectivity index is 3.80. The monoisotopic (exact) mass is 868 g/mol. The third kappa shape index (κ3) is 44.8. The number of likely N-dealkylation sites (N-methyl/N-ethyl adjacent to an activating group) is 1. The van der Waals surface area contributed by atoms with Crippen LogP contribution in [0.15, 0.2) is 36.5 Å². The fourth-order valence-electron chi connectivity index (χ4n) is 7.35. The number of allylic oxidation sites excluding steroid dienone is 6. The summed E-state index contributed by atoms with van der Waals surface area (Å²) in [6, 6.07) is -0.755. The maximum absolute atomic E-state index is 12.8. The second kappa shape index (κ2) is 43.0. The fourth-order valence-corrected chi connectivity index (χ4v) is 8.08. The Labute approximate surface area is 372 Å². The molecule has 0 aliphatic carbocycles. The number of rotatable bonds is 46. The Morgan fingerprint density at radius 1 is 0.567 bits per heavy atom. The quantitative estimate of drug-likeness (QED) is 0.0244. The van der Waals surface area contributed by atoms with Gasteiger partial charge in [-0.1, -0.05) is 211 Å². The van der Waals surface area contributed by atoms with Gasteiger partial charge in [0.2, 0.25) is 5.91 Å². The predicted molar refractivity (Wildman–Crippen MR) is 258 cm³/mol. The van der Waals surface area contributed by atoms with Crippen molar-refractivity contribution in [1.82, 2.24) is 5.32 Å². The topological polar surface area (TPSA) is 105 Å². The Morgan fingerprint density at radius 3 is 1.38 bits per heavy atom. The van der Waals surface area contributed by atoms with Gasteiger partial charge in [-0.2, -0.15) is 0 Å². The minimum atomic E-state index is -4.30. The van der Waals surface area contributed by atoms with E-state index in [0.717, 1.165) is 64.2 Å². The Bertz CT molecular complexity index is 1070. The third-order valence-electron chi connectivity index (χ3n) is 11.4. The smallest absolute Gasteiger partial charge is 0.391 e. The molecule has 0 heterocycles. The van der Waals surface area contributed by atoms with Gasteiger partial charge in [-0.15, -0.1) is 0 Å². The van der Waals surface area contributed by atoms with Gasteiger partial charge in [-0.3, -0.25) is 13.8 Å². The van der Waals surface area contributed by atoms with Crippen LogP contribution in [0.4, 0.5) is 0 Å². The molecule has 0 saturated carbocycles. The summed E-state index contributed by atoms with van der Waals surface area (Å²) in [7, 11) is 1.61. The van der Waals surface area contributed by atoms with Gasteiger partial charge in [0, 0.05) is 6.42 Å². The average molecular weight is 868 g/mol. The van der Waals surface area contributed by atoms with Gasteiger partial charge in [0.05, 0.1) is 39.9 Å². The van der Waals surface area contributed by atoms with Gasteiger partial charge in [0.25, 0.3) is 0 Å². The molecule has 60 heavy (non-hydrogen) atoms. The molecule has 0 rings (SSSR count). The molecular formula is C51H100N2O6P+. The third-order valence-corrected chi connectivity index (χ3v) is 12.4. The van der Waals surface area contributed by atoms with Crippen molar-refractivity contribution in [3.8, 4) is 0 Å². The van der Waals surface area contributed by atoms with E-state index in [-0.39, 0.29) is 19.1 Å². The molecule has 0 aromatic carbocycles. The second-order valence-electron chi connectivity index (χ2n) is 18.5. The van der Waals surface area contributed by atoms with Crippen LogP contribution in [0.25, 0.3) is 0 Å². The van der Waals surface area contributed by atoms with Gasteiger partial charge in [-0.05, 0) is 51.4 Å². The van der Waals surface area contributed by atoms with Crippen molar-refractivity contribution in [3.63, 3.8) is 0 Å².